The molecule has 1 N–H and O–H groups in total. The molecule has 0 radical (unpaired) electrons. The average Bonchev–Trinajstić information content (AvgIpc) is 2.47. The zero-order valence-corrected chi connectivity index (χ0v) is 13.7. The number of aromatic nitrogens is 1. The van der Waals surface area contributed by atoms with Crippen molar-refractivity contribution in [3.8, 4) is 0 Å². The van der Waals surface area contributed by atoms with Crippen molar-refractivity contribution in [2.45, 2.75) is 17.6 Å². The lowest BCUT2D eigenvalue weighted by atomic mass is 10.3. The second kappa shape index (κ2) is 7.69. The van der Waals surface area contributed by atoms with E-state index in [1.165, 1.54) is 11.8 Å². The Labute approximate surface area is 138 Å². The van der Waals surface area contributed by atoms with Gasteiger partial charge in [-0.2, -0.15) is 0 Å². The Morgan fingerprint density at radius 1 is 1.19 bits per heavy atom. The number of carbonyl (C=O) groups excluding carboxylic acids is 1. The molecule has 0 saturated carbocycles. The van der Waals surface area contributed by atoms with Crippen LogP contribution in [-0.4, -0.2) is 17.4 Å². The molecular formula is C15H14Cl2N2OS. The van der Waals surface area contributed by atoms with E-state index in [1.807, 2.05) is 25.1 Å². The van der Waals surface area contributed by atoms with E-state index in [0.29, 0.717) is 28.0 Å². The van der Waals surface area contributed by atoms with Gasteiger partial charge in [-0.05, 0) is 31.2 Å². The smallest absolute Gasteiger partial charge is 0.269 e. The van der Waals surface area contributed by atoms with Gasteiger partial charge in [-0.1, -0.05) is 35.3 Å². The molecule has 1 aromatic heterocycles. The van der Waals surface area contributed by atoms with Crippen molar-refractivity contribution >= 4 is 40.9 Å². The maximum Gasteiger partial charge on any atom is 0.269 e. The van der Waals surface area contributed by atoms with Crippen molar-refractivity contribution in [3.63, 3.8) is 0 Å². The average molecular weight is 341 g/mol. The third-order valence-corrected chi connectivity index (χ3v) is 4.68. The summed E-state index contributed by atoms with van der Waals surface area (Å²) in [6.07, 6.45) is 0. The third-order valence-electron chi connectivity index (χ3n) is 2.66. The molecule has 21 heavy (non-hydrogen) atoms. The molecule has 3 nitrogen and oxygen atoms in total. The normalized spacial score (nSPS) is 10.4. The summed E-state index contributed by atoms with van der Waals surface area (Å²) in [5, 5.41) is 3.97. The standard InChI is InChI=1S/C15H14Cl2N2OS/c1-2-18-15(20)13-8-3-5-10(19-13)9-21-14-11(16)6-4-7-12(14)17/h3-8H,2,9H2,1H3,(H,18,20). The summed E-state index contributed by atoms with van der Waals surface area (Å²) in [7, 11) is 0. The topological polar surface area (TPSA) is 42.0 Å². The van der Waals surface area contributed by atoms with Gasteiger partial charge in [-0.15, -0.1) is 11.8 Å². The number of nitrogens with one attached hydrogen (secondary N) is 1. The summed E-state index contributed by atoms with van der Waals surface area (Å²) in [6.45, 7) is 2.45. The fourth-order valence-electron chi connectivity index (χ4n) is 1.70. The fourth-order valence-corrected chi connectivity index (χ4v) is 3.29. The van der Waals surface area contributed by atoms with Crippen LogP contribution in [0.3, 0.4) is 0 Å². The molecule has 0 aliphatic rings. The van der Waals surface area contributed by atoms with Gasteiger partial charge in [-0.25, -0.2) is 4.98 Å². The van der Waals surface area contributed by atoms with E-state index in [0.717, 1.165) is 10.6 Å². The minimum Gasteiger partial charge on any atom is -0.351 e. The lowest BCUT2D eigenvalue weighted by Gasteiger charge is -2.07. The SMILES string of the molecule is CCNC(=O)c1cccc(CSc2c(Cl)cccc2Cl)n1. The van der Waals surface area contributed by atoms with E-state index < -0.39 is 0 Å². The number of halogens is 2. The Hall–Kier alpha value is -1.23. The minimum absolute atomic E-state index is 0.167. The zero-order chi connectivity index (χ0) is 15.2. The molecule has 1 amide bonds. The van der Waals surface area contributed by atoms with Crippen molar-refractivity contribution in [1.82, 2.24) is 10.3 Å². The summed E-state index contributed by atoms with van der Waals surface area (Å²) in [5.41, 5.74) is 1.22. The monoisotopic (exact) mass is 340 g/mol. The predicted molar refractivity (Wildman–Crippen MR) is 88.3 cm³/mol. The maximum atomic E-state index is 11.8. The zero-order valence-electron chi connectivity index (χ0n) is 11.4. The summed E-state index contributed by atoms with van der Waals surface area (Å²) in [4.78, 5) is 16.9. The summed E-state index contributed by atoms with van der Waals surface area (Å²) < 4.78 is 0. The largest absolute Gasteiger partial charge is 0.351 e. The highest BCUT2D eigenvalue weighted by molar-refractivity contribution is 7.98. The van der Waals surface area contributed by atoms with Gasteiger partial charge in [0.25, 0.3) is 5.91 Å². The summed E-state index contributed by atoms with van der Waals surface area (Å²) >= 11 is 13.8. The highest BCUT2D eigenvalue weighted by atomic mass is 35.5. The van der Waals surface area contributed by atoms with E-state index in [9.17, 15) is 4.79 Å². The van der Waals surface area contributed by atoms with Crippen LogP contribution in [-0.2, 0) is 5.75 Å². The first kappa shape index (κ1) is 16.1. The third kappa shape index (κ3) is 4.37. The van der Waals surface area contributed by atoms with Crippen LogP contribution >= 0.6 is 35.0 Å². The van der Waals surface area contributed by atoms with Gasteiger partial charge in [0.1, 0.15) is 5.69 Å². The van der Waals surface area contributed by atoms with Gasteiger partial charge in [0.15, 0.2) is 0 Å². The van der Waals surface area contributed by atoms with E-state index in [4.69, 9.17) is 23.2 Å². The van der Waals surface area contributed by atoms with Gasteiger partial charge in [0.05, 0.1) is 15.7 Å². The number of carbonyl (C=O) groups is 1. The quantitative estimate of drug-likeness (QED) is 0.818. The molecule has 6 heteroatoms. The molecule has 0 spiro atoms. The Balaban J connectivity index is 2.10. The number of benzene rings is 1. The molecular weight excluding hydrogens is 327 g/mol. The molecule has 2 rings (SSSR count). The second-order valence-corrected chi connectivity index (χ2v) is 6.01. The Kier molecular flexibility index (Phi) is 5.91. The van der Waals surface area contributed by atoms with Crippen LogP contribution in [0.25, 0.3) is 0 Å². The van der Waals surface area contributed by atoms with Crippen LogP contribution in [0.15, 0.2) is 41.3 Å². The van der Waals surface area contributed by atoms with Crippen LogP contribution in [0.2, 0.25) is 10.0 Å². The van der Waals surface area contributed by atoms with Crippen molar-refractivity contribution in [3.05, 3.63) is 57.8 Å². The first-order valence-corrected chi connectivity index (χ1v) is 8.17. The number of thioether (sulfide) groups is 1. The van der Waals surface area contributed by atoms with E-state index in [2.05, 4.69) is 10.3 Å². The molecule has 0 saturated heterocycles. The van der Waals surface area contributed by atoms with Gasteiger partial charge in [0, 0.05) is 17.2 Å². The van der Waals surface area contributed by atoms with Crippen LogP contribution in [0.4, 0.5) is 0 Å². The number of hydrogen-bond donors (Lipinski definition) is 1. The van der Waals surface area contributed by atoms with Crippen molar-refractivity contribution < 1.29 is 4.79 Å². The highest BCUT2D eigenvalue weighted by Crippen LogP contribution is 2.35. The Bertz CT molecular complexity index is 629. The van der Waals surface area contributed by atoms with Crippen molar-refractivity contribution in [2.75, 3.05) is 6.54 Å². The number of hydrogen-bond acceptors (Lipinski definition) is 3. The molecule has 110 valence electrons. The first-order valence-electron chi connectivity index (χ1n) is 6.42. The Morgan fingerprint density at radius 3 is 2.52 bits per heavy atom. The van der Waals surface area contributed by atoms with Crippen LogP contribution in [0, 0.1) is 0 Å². The summed E-state index contributed by atoms with van der Waals surface area (Å²) in [5.74, 6) is 0.427. The molecule has 0 atom stereocenters. The molecule has 0 bridgehead atoms. The van der Waals surface area contributed by atoms with E-state index in [-0.39, 0.29) is 5.91 Å². The lowest BCUT2D eigenvalue weighted by molar-refractivity contribution is 0.0950. The van der Waals surface area contributed by atoms with Gasteiger partial charge in [0.2, 0.25) is 0 Å². The molecule has 1 aromatic carbocycles. The molecule has 0 fully saturated rings. The van der Waals surface area contributed by atoms with Gasteiger partial charge >= 0.3 is 0 Å². The van der Waals surface area contributed by atoms with Crippen LogP contribution in [0.5, 0.6) is 0 Å². The first-order chi connectivity index (χ1) is 10.1. The van der Waals surface area contributed by atoms with Gasteiger partial charge in [-0.3, -0.25) is 4.79 Å². The highest BCUT2D eigenvalue weighted by Gasteiger charge is 2.09. The number of pyridine rings is 1. The molecule has 0 unspecified atom stereocenters. The molecule has 2 aromatic rings. The summed E-state index contributed by atoms with van der Waals surface area (Å²) in [6, 6.07) is 10.8. The predicted octanol–water partition coefficient (Wildman–Crippen LogP) is 4.43. The number of rotatable bonds is 5. The Morgan fingerprint density at radius 2 is 1.86 bits per heavy atom. The lowest BCUT2D eigenvalue weighted by Crippen LogP contribution is -2.23. The van der Waals surface area contributed by atoms with Crippen LogP contribution < -0.4 is 5.32 Å². The maximum absolute atomic E-state index is 11.8. The second-order valence-electron chi connectivity index (χ2n) is 4.21. The minimum atomic E-state index is -0.167. The number of nitrogens with zero attached hydrogens (tertiary/aromatic N) is 1. The number of amides is 1. The van der Waals surface area contributed by atoms with Crippen molar-refractivity contribution in [1.29, 1.82) is 0 Å². The molecule has 0 aliphatic heterocycles. The van der Waals surface area contributed by atoms with E-state index >= 15 is 0 Å². The van der Waals surface area contributed by atoms with Crippen LogP contribution in [0.1, 0.15) is 23.1 Å². The molecule has 0 aliphatic carbocycles. The fraction of sp³-hybridized carbons (Fsp3) is 0.200. The van der Waals surface area contributed by atoms with E-state index in [1.54, 1.807) is 18.2 Å². The molecule has 1 heterocycles. The van der Waals surface area contributed by atoms with Gasteiger partial charge < -0.3 is 5.32 Å². The van der Waals surface area contributed by atoms with Crippen molar-refractivity contribution in [2.24, 2.45) is 0 Å².